The summed E-state index contributed by atoms with van der Waals surface area (Å²) in [6, 6.07) is 7.94. The third kappa shape index (κ3) is 3.49. The lowest BCUT2D eigenvalue weighted by Crippen LogP contribution is -2.34. The fourth-order valence-corrected chi connectivity index (χ4v) is 3.21. The molecule has 0 aromatic heterocycles. The molecule has 22 heavy (non-hydrogen) atoms. The van der Waals surface area contributed by atoms with Crippen molar-refractivity contribution in [3.63, 3.8) is 0 Å². The van der Waals surface area contributed by atoms with Crippen LogP contribution in [0, 0.1) is 0 Å². The number of hydrogen-bond donors (Lipinski definition) is 0. The fourth-order valence-electron chi connectivity index (χ4n) is 3.21. The highest BCUT2D eigenvalue weighted by Gasteiger charge is 2.32. The minimum atomic E-state index is 0.0429. The number of hydrogen-bond acceptors (Lipinski definition) is 2. The molecule has 1 aromatic rings. The SMILES string of the molecule is CCCN(CCC)C(=O)CC1CN(C(C)=O)c2ccccc21. The number of para-hydroxylation sites is 1. The monoisotopic (exact) mass is 302 g/mol. The smallest absolute Gasteiger partial charge is 0.223 e. The van der Waals surface area contributed by atoms with Crippen LogP contribution in [0.15, 0.2) is 24.3 Å². The molecule has 1 aromatic carbocycles. The van der Waals surface area contributed by atoms with E-state index in [1.807, 2.05) is 29.2 Å². The second kappa shape index (κ2) is 7.43. The summed E-state index contributed by atoms with van der Waals surface area (Å²) >= 11 is 0. The van der Waals surface area contributed by atoms with E-state index < -0.39 is 0 Å². The topological polar surface area (TPSA) is 40.6 Å². The predicted octanol–water partition coefficient (Wildman–Crippen LogP) is 3.18. The molecule has 0 aliphatic carbocycles. The summed E-state index contributed by atoms with van der Waals surface area (Å²) < 4.78 is 0. The number of nitrogens with zero attached hydrogens (tertiary/aromatic N) is 2. The largest absolute Gasteiger partial charge is 0.343 e. The highest BCUT2D eigenvalue weighted by molar-refractivity contribution is 5.94. The van der Waals surface area contributed by atoms with Crippen LogP contribution in [0.2, 0.25) is 0 Å². The Bertz CT molecular complexity index is 536. The fraction of sp³-hybridized carbons (Fsp3) is 0.556. The first-order valence-corrected chi connectivity index (χ1v) is 8.23. The molecule has 0 saturated heterocycles. The van der Waals surface area contributed by atoms with E-state index in [1.54, 1.807) is 11.8 Å². The number of anilines is 1. The maximum absolute atomic E-state index is 12.6. The predicted molar refractivity (Wildman–Crippen MR) is 89.0 cm³/mol. The van der Waals surface area contributed by atoms with Crippen molar-refractivity contribution < 1.29 is 9.59 Å². The quantitative estimate of drug-likeness (QED) is 0.810. The lowest BCUT2D eigenvalue weighted by molar-refractivity contribution is -0.131. The van der Waals surface area contributed by atoms with E-state index in [9.17, 15) is 9.59 Å². The Kier molecular flexibility index (Phi) is 5.58. The molecule has 0 spiro atoms. The van der Waals surface area contributed by atoms with Crippen LogP contribution in [0.3, 0.4) is 0 Å². The van der Waals surface area contributed by atoms with Crippen molar-refractivity contribution in [2.24, 2.45) is 0 Å². The van der Waals surface area contributed by atoms with Crippen molar-refractivity contribution in [3.05, 3.63) is 29.8 Å². The Morgan fingerprint density at radius 2 is 1.82 bits per heavy atom. The molecule has 0 saturated carbocycles. The van der Waals surface area contributed by atoms with E-state index >= 15 is 0 Å². The van der Waals surface area contributed by atoms with Gasteiger partial charge in [-0.3, -0.25) is 9.59 Å². The summed E-state index contributed by atoms with van der Waals surface area (Å²) in [6.07, 6.45) is 2.44. The third-order valence-corrected chi connectivity index (χ3v) is 4.21. The van der Waals surface area contributed by atoms with Crippen LogP contribution in [-0.2, 0) is 9.59 Å². The number of fused-ring (bicyclic) bond motifs is 1. The van der Waals surface area contributed by atoms with E-state index in [4.69, 9.17) is 0 Å². The van der Waals surface area contributed by atoms with Crippen molar-refractivity contribution >= 4 is 17.5 Å². The van der Waals surface area contributed by atoms with Gasteiger partial charge in [0.1, 0.15) is 0 Å². The first kappa shape index (κ1) is 16.5. The molecule has 0 fully saturated rings. The van der Waals surface area contributed by atoms with Crippen molar-refractivity contribution in [3.8, 4) is 0 Å². The molecule has 1 aliphatic heterocycles. The van der Waals surface area contributed by atoms with E-state index in [-0.39, 0.29) is 17.7 Å². The molecule has 1 unspecified atom stereocenters. The Labute approximate surface area is 133 Å². The zero-order chi connectivity index (χ0) is 16.1. The normalized spacial score (nSPS) is 16.5. The van der Waals surface area contributed by atoms with Crippen molar-refractivity contribution in [2.45, 2.75) is 46.0 Å². The summed E-state index contributed by atoms with van der Waals surface area (Å²) in [5.41, 5.74) is 2.09. The molecule has 2 amide bonds. The van der Waals surface area contributed by atoms with Crippen molar-refractivity contribution in [1.29, 1.82) is 0 Å². The first-order chi connectivity index (χ1) is 10.6. The molecule has 1 atom stereocenters. The van der Waals surface area contributed by atoms with Crippen LogP contribution in [-0.4, -0.2) is 36.3 Å². The average Bonchev–Trinajstić information content (AvgIpc) is 2.86. The molecular weight excluding hydrogens is 276 g/mol. The molecule has 4 heteroatoms. The first-order valence-electron chi connectivity index (χ1n) is 8.23. The summed E-state index contributed by atoms with van der Waals surface area (Å²) in [5, 5.41) is 0. The average molecular weight is 302 g/mol. The summed E-state index contributed by atoms with van der Waals surface area (Å²) in [4.78, 5) is 28.1. The number of rotatable bonds is 6. The minimum Gasteiger partial charge on any atom is -0.343 e. The van der Waals surface area contributed by atoms with E-state index in [0.717, 1.165) is 37.2 Å². The van der Waals surface area contributed by atoms with Gasteiger partial charge in [0.25, 0.3) is 0 Å². The van der Waals surface area contributed by atoms with Crippen LogP contribution in [0.1, 0.15) is 51.5 Å². The number of carbonyl (C=O) groups is 2. The van der Waals surface area contributed by atoms with Gasteiger partial charge in [-0.05, 0) is 24.5 Å². The Hall–Kier alpha value is -1.84. The summed E-state index contributed by atoms with van der Waals surface area (Å²) in [7, 11) is 0. The zero-order valence-electron chi connectivity index (χ0n) is 13.8. The highest BCUT2D eigenvalue weighted by Crippen LogP contribution is 2.38. The zero-order valence-corrected chi connectivity index (χ0v) is 13.8. The van der Waals surface area contributed by atoms with Gasteiger partial charge in [0.05, 0.1) is 0 Å². The van der Waals surface area contributed by atoms with Crippen molar-refractivity contribution in [1.82, 2.24) is 4.90 Å². The molecular formula is C18H26N2O2. The van der Waals surface area contributed by atoms with Crippen LogP contribution in [0.25, 0.3) is 0 Å². The second-order valence-electron chi connectivity index (χ2n) is 5.97. The lowest BCUT2D eigenvalue weighted by atomic mass is 9.97. The molecule has 4 nitrogen and oxygen atoms in total. The third-order valence-electron chi connectivity index (χ3n) is 4.21. The van der Waals surface area contributed by atoms with Gasteiger partial charge in [0.2, 0.25) is 11.8 Å². The Morgan fingerprint density at radius 3 is 2.41 bits per heavy atom. The van der Waals surface area contributed by atoms with Gasteiger partial charge in [-0.25, -0.2) is 0 Å². The van der Waals surface area contributed by atoms with E-state index in [2.05, 4.69) is 13.8 Å². The van der Waals surface area contributed by atoms with Crippen LogP contribution >= 0.6 is 0 Å². The molecule has 0 radical (unpaired) electrons. The van der Waals surface area contributed by atoms with Gasteiger partial charge < -0.3 is 9.80 Å². The standard InChI is InChI=1S/C18H26N2O2/c1-4-10-19(11-5-2)18(22)12-15-13-20(14(3)21)17-9-7-6-8-16(15)17/h6-9,15H,4-5,10-13H2,1-3H3. The number of amides is 2. The molecule has 1 aliphatic rings. The molecule has 0 N–H and O–H groups in total. The van der Waals surface area contributed by atoms with Crippen molar-refractivity contribution in [2.75, 3.05) is 24.5 Å². The summed E-state index contributed by atoms with van der Waals surface area (Å²) in [5.74, 6) is 0.360. The van der Waals surface area contributed by atoms with Gasteiger partial charge in [-0.15, -0.1) is 0 Å². The van der Waals surface area contributed by atoms with E-state index in [0.29, 0.717) is 13.0 Å². The lowest BCUT2D eigenvalue weighted by Gasteiger charge is -2.23. The van der Waals surface area contributed by atoms with Gasteiger partial charge in [0.15, 0.2) is 0 Å². The highest BCUT2D eigenvalue weighted by atomic mass is 16.2. The van der Waals surface area contributed by atoms with Crippen LogP contribution < -0.4 is 4.90 Å². The maximum atomic E-state index is 12.6. The Balaban J connectivity index is 2.13. The number of benzene rings is 1. The molecule has 0 bridgehead atoms. The van der Waals surface area contributed by atoms with Gasteiger partial charge in [0, 0.05) is 44.6 Å². The van der Waals surface area contributed by atoms with Crippen LogP contribution in [0.5, 0.6) is 0 Å². The number of carbonyl (C=O) groups excluding carboxylic acids is 2. The van der Waals surface area contributed by atoms with Gasteiger partial charge >= 0.3 is 0 Å². The maximum Gasteiger partial charge on any atom is 0.223 e. The van der Waals surface area contributed by atoms with Gasteiger partial charge in [-0.1, -0.05) is 32.0 Å². The molecule has 120 valence electrons. The van der Waals surface area contributed by atoms with Gasteiger partial charge in [-0.2, -0.15) is 0 Å². The minimum absolute atomic E-state index is 0.0429. The van der Waals surface area contributed by atoms with E-state index in [1.165, 1.54) is 0 Å². The molecule has 2 rings (SSSR count). The second-order valence-corrected chi connectivity index (χ2v) is 5.97. The molecule has 1 heterocycles. The van der Waals surface area contributed by atoms with Crippen LogP contribution in [0.4, 0.5) is 5.69 Å². The summed E-state index contributed by atoms with van der Waals surface area (Å²) in [6.45, 7) is 8.03. The Morgan fingerprint density at radius 1 is 1.18 bits per heavy atom.